The van der Waals surface area contributed by atoms with Gasteiger partial charge in [-0.15, -0.1) is 6.58 Å². The molecule has 0 saturated heterocycles. The summed E-state index contributed by atoms with van der Waals surface area (Å²) in [5.74, 6) is 0.486. The van der Waals surface area contributed by atoms with Crippen LogP contribution in [0.1, 0.15) is 6.42 Å². The first-order chi connectivity index (χ1) is 7.72. The van der Waals surface area contributed by atoms with Crippen molar-refractivity contribution < 1.29 is 9.53 Å². The van der Waals surface area contributed by atoms with Gasteiger partial charge in [-0.3, -0.25) is 4.79 Å². The Labute approximate surface area is 100 Å². The Hall–Kier alpha value is -1.48. The van der Waals surface area contributed by atoms with Gasteiger partial charge in [0.25, 0.3) is 5.91 Å². The highest BCUT2D eigenvalue weighted by Crippen LogP contribution is 2.15. The maximum absolute atomic E-state index is 11.3. The average molecular weight is 240 g/mol. The van der Waals surface area contributed by atoms with Crippen LogP contribution in [0.3, 0.4) is 0 Å². The van der Waals surface area contributed by atoms with Crippen molar-refractivity contribution in [2.45, 2.75) is 6.42 Å². The fourth-order valence-electron chi connectivity index (χ4n) is 1.04. The normalized spacial score (nSPS) is 9.56. The van der Waals surface area contributed by atoms with Crippen molar-refractivity contribution in [3.05, 3.63) is 41.9 Å². The Morgan fingerprint density at radius 1 is 1.44 bits per heavy atom. The highest BCUT2D eigenvalue weighted by atomic mass is 35.5. The van der Waals surface area contributed by atoms with E-state index < -0.39 is 0 Å². The van der Waals surface area contributed by atoms with Gasteiger partial charge in [0.1, 0.15) is 5.75 Å². The minimum atomic E-state index is -0.142. The molecule has 0 heterocycles. The van der Waals surface area contributed by atoms with Gasteiger partial charge in [0.2, 0.25) is 0 Å². The van der Waals surface area contributed by atoms with Gasteiger partial charge >= 0.3 is 0 Å². The van der Waals surface area contributed by atoms with E-state index in [-0.39, 0.29) is 12.5 Å². The van der Waals surface area contributed by atoms with Gasteiger partial charge in [0.15, 0.2) is 6.61 Å². The van der Waals surface area contributed by atoms with E-state index in [2.05, 4.69) is 11.9 Å². The third kappa shape index (κ3) is 4.84. The van der Waals surface area contributed by atoms with Crippen molar-refractivity contribution in [2.24, 2.45) is 0 Å². The first-order valence-electron chi connectivity index (χ1n) is 4.98. The number of ether oxygens (including phenoxy) is 1. The highest BCUT2D eigenvalue weighted by Gasteiger charge is 2.01. The molecule has 3 nitrogen and oxygen atoms in total. The number of hydrogen-bond acceptors (Lipinski definition) is 2. The Morgan fingerprint density at radius 2 is 2.12 bits per heavy atom. The van der Waals surface area contributed by atoms with Crippen LogP contribution in [-0.2, 0) is 4.79 Å². The van der Waals surface area contributed by atoms with Gasteiger partial charge < -0.3 is 10.1 Å². The molecule has 4 heteroatoms. The number of hydrogen-bond donors (Lipinski definition) is 1. The summed E-state index contributed by atoms with van der Waals surface area (Å²) in [5, 5.41) is 3.35. The van der Waals surface area contributed by atoms with Crippen LogP contribution in [-0.4, -0.2) is 19.1 Å². The monoisotopic (exact) mass is 239 g/mol. The van der Waals surface area contributed by atoms with Crippen LogP contribution in [0.25, 0.3) is 0 Å². The first kappa shape index (κ1) is 12.6. The van der Waals surface area contributed by atoms with Crippen molar-refractivity contribution in [3.8, 4) is 5.75 Å². The van der Waals surface area contributed by atoms with E-state index in [1.165, 1.54) is 0 Å². The zero-order valence-corrected chi connectivity index (χ0v) is 9.67. The van der Waals surface area contributed by atoms with Gasteiger partial charge in [0.05, 0.1) is 0 Å². The molecule has 0 aromatic heterocycles. The molecule has 1 amide bonds. The smallest absolute Gasteiger partial charge is 0.257 e. The van der Waals surface area contributed by atoms with E-state index in [4.69, 9.17) is 16.3 Å². The summed E-state index contributed by atoms with van der Waals surface area (Å²) in [6.45, 7) is 4.17. The molecule has 1 aromatic carbocycles. The average Bonchev–Trinajstić information content (AvgIpc) is 2.29. The van der Waals surface area contributed by atoms with E-state index in [0.29, 0.717) is 17.3 Å². The number of carbonyl (C=O) groups excluding carboxylic acids is 1. The summed E-state index contributed by atoms with van der Waals surface area (Å²) < 4.78 is 5.26. The van der Waals surface area contributed by atoms with Crippen LogP contribution in [0.4, 0.5) is 0 Å². The Morgan fingerprint density at radius 3 is 2.75 bits per heavy atom. The first-order valence-corrected chi connectivity index (χ1v) is 5.36. The molecule has 1 rings (SSSR count). The molecule has 86 valence electrons. The molecule has 0 bridgehead atoms. The van der Waals surface area contributed by atoms with E-state index in [1.807, 2.05) is 0 Å². The van der Waals surface area contributed by atoms with Crippen LogP contribution < -0.4 is 10.1 Å². The zero-order valence-electron chi connectivity index (χ0n) is 8.91. The van der Waals surface area contributed by atoms with Crippen LogP contribution in [0.5, 0.6) is 5.75 Å². The van der Waals surface area contributed by atoms with Crippen LogP contribution in [0.2, 0.25) is 5.02 Å². The molecule has 1 N–H and O–H groups in total. The predicted octanol–water partition coefficient (Wildman–Crippen LogP) is 2.41. The fourth-order valence-corrected chi connectivity index (χ4v) is 1.17. The van der Waals surface area contributed by atoms with Crippen molar-refractivity contribution in [3.63, 3.8) is 0 Å². The zero-order chi connectivity index (χ0) is 11.8. The molecule has 0 aliphatic heterocycles. The summed E-state index contributed by atoms with van der Waals surface area (Å²) in [6, 6.07) is 6.87. The van der Waals surface area contributed by atoms with Crippen molar-refractivity contribution in [1.82, 2.24) is 5.32 Å². The Kier molecular flexibility index (Phi) is 5.43. The second-order valence-electron chi connectivity index (χ2n) is 3.17. The minimum Gasteiger partial charge on any atom is -0.484 e. The SMILES string of the molecule is C=CCCNC(=O)COc1ccc(Cl)cc1. The van der Waals surface area contributed by atoms with Gasteiger partial charge in [-0.2, -0.15) is 0 Å². The minimum absolute atomic E-state index is 0.0127. The van der Waals surface area contributed by atoms with Gasteiger partial charge in [-0.25, -0.2) is 0 Å². The van der Waals surface area contributed by atoms with Gasteiger partial charge in [-0.1, -0.05) is 17.7 Å². The lowest BCUT2D eigenvalue weighted by Crippen LogP contribution is -2.29. The summed E-state index contributed by atoms with van der Waals surface area (Å²) in [4.78, 5) is 11.3. The lowest BCUT2D eigenvalue weighted by molar-refractivity contribution is -0.123. The molecule has 1 aromatic rings. The van der Waals surface area contributed by atoms with E-state index >= 15 is 0 Å². The number of carbonyl (C=O) groups is 1. The van der Waals surface area contributed by atoms with E-state index in [1.54, 1.807) is 30.3 Å². The molecule has 0 spiro atoms. The lowest BCUT2D eigenvalue weighted by Gasteiger charge is -2.06. The summed E-state index contributed by atoms with van der Waals surface area (Å²) in [5.41, 5.74) is 0. The summed E-state index contributed by atoms with van der Waals surface area (Å²) in [7, 11) is 0. The molecule has 0 aliphatic rings. The Balaban J connectivity index is 2.26. The van der Waals surface area contributed by atoms with Gasteiger partial charge in [-0.05, 0) is 30.7 Å². The van der Waals surface area contributed by atoms with Crippen molar-refractivity contribution in [1.29, 1.82) is 0 Å². The molecular formula is C12H14ClNO2. The van der Waals surface area contributed by atoms with Crippen LogP contribution in [0.15, 0.2) is 36.9 Å². The maximum atomic E-state index is 11.3. The molecule has 0 fully saturated rings. The lowest BCUT2D eigenvalue weighted by atomic mass is 10.3. The van der Waals surface area contributed by atoms with Gasteiger partial charge in [0, 0.05) is 11.6 Å². The molecule has 16 heavy (non-hydrogen) atoms. The fraction of sp³-hybridized carbons (Fsp3) is 0.250. The maximum Gasteiger partial charge on any atom is 0.257 e. The Bertz CT molecular complexity index is 349. The van der Waals surface area contributed by atoms with Crippen molar-refractivity contribution in [2.75, 3.05) is 13.2 Å². The third-order valence-electron chi connectivity index (χ3n) is 1.85. The largest absolute Gasteiger partial charge is 0.484 e. The summed E-state index contributed by atoms with van der Waals surface area (Å²) >= 11 is 5.71. The number of nitrogens with one attached hydrogen (secondary N) is 1. The topological polar surface area (TPSA) is 38.3 Å². The highest BCUT2D eigenvalue weighted by molar-refractivity contribution is 6.30. The van der Waals surface area contributed by atoms with Crippen LogP contribution >= 0.6 is 11.6 Å². The number of rotatable bonds is 6. The molecule has 0 atom stereocenters. The second kappa shape index (κ2) is 6.90. The standard InChI is InChI=1S/C12H14ClNO2/c1-2-3-8-14-12(15)9-16-11-6-4-10(13)5-7-11/h2,4-7H,1,3,8-9H2,(H,14,15). The predicted molar refractivity (Wildman–Crippen MR) is 64.8 cm³/mol. The van der Waals surface area contributed by atoms with Crippen molar-refractivity contribution >= 4 is 17.5 Å². The number of halogens is 1. The molecule has 0 radical (unpaired) electrons. The molecule has 0 aliphatic carbocycles. The molecule has 0 saturated carbocycles. The number of benzene rings is 1. The quantitative estimate of drug-likeness (QED) is 0.612. The van der Waals surface area contributed by atoms with Crippen LogP contribution in [0, 0.1) is 0 Å². The number of amides is 1. The summed E-state index contributed by atoms with van der Waals surface area (Å²) in [6.07, 6.45) is 2.51. The third-order valence-corrected chi connectivity index (χ3v) is 2.11. The van der Waals surface area contributed by atoms with E-state index in [0.717, 1.165) is 6.42 Å². The van der Waals surface area contributed by atoms with E-state index in [9.17, 15) is 4.79 Å². The molecule has 0 unspecified atom stereocenters. The molecular weight excluding hydrogens is 226 g/mol. The second-order valence-corrected chi connectivity index (χ2v) is 3.61.